The summed E-state index contributed by atoms with van der Waals surface area (Å²) in [7, 11) is 1.82. The Morgan fingerprint density at radius 1 is 1.16 bits per heavy atom. The van der Waals surface area contributed by atoms with Gasteiger partial charge in [-0.1, -0.05) is 29.8 Å². The van der Waals surface area contributed by atoms with Crippen LogP contribution in [0.2, 0.25) is 5.02 Å². The lowest BCUT2D eigenvalue weighted by atomic mass is 10.1. The van der Waals surface area contributed by atoms with Crippen molar-refractivity contribution in [3.05, 3.63) is 64.4 Å². The van der Waals surface area contributed by atoms with E-state index in [9.17, 15) is 4.39 Å². The lowest BCUT2D eigenvalue weighted by Gasteiger charge is -2.20. The van der Waals surface area contributed by atoms with Crippen molar-refractivity contribution >= 4 is 17.3 Å². The molecule has 2 aromatic rings. The van der Waals surface area contributed by atoms with Gasteiger partial charge in [0.25, 0.3) is 0 Å². The van der Waals surface area contributed by atoms with Crippen LogP contribution in [0.5, 0.6) is 0 Å². The fraction of sp³-hybridized carbons (Fsp3) is 0.200. The van der Waals surface area contributed by atoms with Gasteiger partial charge in [0.2, 0.25) is 0 Å². The third-order valence-electron chi connectivity index (χ3n) is 2.91. The summed E-state index contributed by atoms with van der Waals surface area (Å²) in [4.78, 5) is 1.81. The van der Waals surface area contributed by atoms with Crippen LogP contribution in [-0.4, -0.2) is 12.2 Å². The van der Waals surface area contributed by atoms with E-state index in [-0.39, 0.29) is 12.4 Å². The molecule has 4 heteroatoms. The predicted molar refractivity (Wildman–Crippen MR) is 75.9 cm³/mol. The standard InChI is InChI=1S/C15H15ClFNO/c1-18(9-11-3-2-4-13(16)7-11)15-6-5-12(10-19)8-14(15)17/h2-8,19H,9-10H2,1H3. The highest BCUT2D eigenvalue weighted by Crippen LogP contribution is 2.22. The van der Waals surface area contributed by atoms with Crippen molar-refractivity contribution in [3.63, 3.8) is 0 Å². The number of aliphatic hydroxyl groups is 1. The van der Waals surface area contributed by atoms with Crippen molar-refractivity contribution in [3.8, 4) is 0 Å². The number of benzene rings is 2. The minimum atomic E-state index is -0.337. The number of anilines is 1. The van der Waals surface area contributed by atoms with E-state index in [0.29, 0.717) is 22.8 Å². The van der Waals surface area contributed by atoms with Crippen molar-refractivity contribution in [2.45, 2.75) is 13.2 Å². The Balaban J connectivity index is 2.18. The van der Waals surface area contributed by atoms with Gasteiger partial charge in [0.1, 0.15) is 5.82 Å². The van der Waals surface area contributed by atoms with Gasteiger partial charge in [-0.2, -0.15) is 0 Å². The molecule has 2 rings (SSSR count). The zero-order valence-electron chi connectivity index (χ0n) is 10.6. The molecule has 0 saturated heterocycles. The number of rotatable bonds is 4. The van der Waals surface area contributed by atoms with Gasteiger partial charge in [-0.05, 0) is 35.4 Å². The average Bonchev–Trinajstić information content (AvgIpc) is 2.38. The van der Waals surface area contributed by atoms with Gasteiger partial charge in [-0.3, -0.25) is 0 Å². The van der Waals surface area contributed by atoms with Crippen molar-refractivity contribution in [2.24, 2.45) is 0 Å². The monoisotopic (exact) mass is 279 g/mol. The van der Waals surface area contributed by atoms with Crippen molar-refractivity contribution in [2.75, 3.05) is 11.9 Å². The van der Waals surface area contributed by atoms with Crippen LogP contribution in [-0.2, 0) is 13.2 Å². The van der Waals surface area contributed by atoms with E-state index in [2.05, 4.69) is 0 Å². The van der Waals surface area contributed by atoms with Crippen LogP contribution in [0.1, 0.15) is 11.1 Å². The predicted octanol–water partition coefficient (Wildman–Crippen LogP) is 3.61. The molecule has 100 valence electrons. The zero-order chi connectivity index (χ0) is 13.8. The first-order valence-corrected chi connectivity index (χ1v) is 6.33. The minimum Gasteiger partial charge on any atom is -0.392 e. The smallest absolute Gasteiger partial charge is 0.146 e. The Labute approximate surface area is 117 Å². The SMILES string of the molecule is CN(Cc1cccc(Cl)c1)c1ccc(CO)cc1F. The van der Waals surface area contributed by atoms with Crippen LogP contribution < -0.4 is 4.90 Å². The van der Waals surface area contributed by atoms with Gasteiger partial charge in [-0.15, -0.1) is 0 Å². The van der Waals surface area contributed by atoms with E-state index in [1.54, 1.807) is 12.1 Å². The largest absolute Gasteiger partial charge is 0.392 e. The molecule has 0 radical (unpaired) electrons. The molecule has 0 spiro atoms. The van der Waals surface area contributed by atoms with Gasteiger partial charge in [0.05, 0.1) is 12.3 Å². The molecule has 0 fully saturated rings. The molecule has 19 heavy (non-hydrogen) atoms. The van der Waals surface area contributed by atoms with Gasteiger partial charge < -0.3 is 10.0 Å². The van der Waals surface area contributed by atoms with Crippen LogP contribution in [0.4, 0.5) is 10.1 Å². The van der Waals surface area contributed by atoms with Gasteiger partial charge >= 0.3 is 0 Å². The molecule has 2 aromatic carbocycles. The van der Waals surface area contributed by atoms with E-state index in [4.69, 9.17) is 16.7 Å². The summed E-state index contributed by atoms with van der Waals surface area (Å²) in [5.74, 6) is -0.337. The topological polar surface area (TPSA) is 23.5 Å². The number of hydrogen-bond acceptors (Lipinski definition) is 2. The lowest BCUT2D eigenvalue weighted by Crippen LogP contribution is -2.17. The van der Waals surface area contributed by atoms with E-state index in [1.807, 2.05) is 36.2 Å². The highest BCUT2D eigenvalue weighted by Gasteiger charge is 2.09. The fourth-order valence-electron chi connectivity index (χ4n) is 1.95. The molecule has 0 heterocycles. The van der Waals surface area contributed by atoms with Crippen molar-refractivity contribution in [1.29, 1.82) is 0 Å². The van der Waals surface area contributed by atoms with Crippen LogP contribution >= 0.6 is 11.6 Å². The number of nitrogens with zero attached hydrogens (tertiary/aromatic N) is 1. The molecule has 0 aliphatic rings. The maximum atomic E-state index is 13.9. The van der Waals surface area contributed by atoms with Crippen LogP contribution in [0.15, 0.2) is 42.5 Å². The van der Waals surface area contributed by atoms with E-state index in [0.717, 1.165) is 5.56 Å². The molecule has 0 atom stereocenters. The summed E-state index contributed by atoms with van der Waals surface area (Å²) >= 11 is 5.92. The first-order chi connectivity index (χ1) is 9.10. The Morgan fingerprint density at radius 2 is 1.95 bits per heavy atom. The first-order valence-electron chi connectivity index (χ1n) is 5.95. The molecule has 0 amide bonds. The lowest BCUT2D eigenvalue weighted by molar-refractivity contribution is 0.281. The normalized spacial score (nSPS) is 10.5. The number of hydrogen-bond donors (Lipinski definition) is 1. The summed E-state index contributed by atoms with van der Waals surface area (Å²) in [6.07, 6.45) is 0. The third-order valence-corrected chi connectivity index (χ3v) is 3.15. The van der Waals surface area contributed by atoms with Gasteiger partial charge in [0.15, 0.2) is 0 Å². The summed E-state index contributed by atoms with van der Waals surface area (Å²) < 4.78 is 13.9. The average molecular weight is 280 g/mol. The van der Waals surface area contributed by atoms with Gasteiger partial charge in [-0.25, -0.2) is 4.39 Å². The van der Waals surface area contributed by atoms with E-state index in [1.165, 1.54) is 6.07 Å². The van der Waals surface area contributed by atoms with Crippen LogP contribution in [0.3, 0.4) is 0 Å². The molecule has 0 aromatic heterocycles. The zero-order valence-corrected chi connectivity index (χ0v) is 11.4. The van der Waals surface area contributed by atoms with Crippen molar-refractivity contribution in [1.82, 2.24) is 0 Å². The fourth-order valence-corrected chi connectivity index (χ4v) is 2.17. The number of aliphatic hydroxyl groups excluding tert-OH is 1. The molecule has 2 nitrogen and oxygen atoms in total. The second-order valence-corrected chi connectivity index (χ2v) is 4.87. The Hall–Kier alpha value is -1.58. The van der Waals surface area contributed by atoms with Gasteiger partial charge in [0, 0.05) is 18.6 Å². The quantitative estimate of drug-likeness (QED) is 0.924. The maximum absolute atomic E-state index is 13.9. The molecule has 1 N–H and O–H groups in total. The molecular formula is C15H15ClFNO. The first kappa shape index (κ1) is 13.8. The Bertz CT molecular complexity index is 574. The third kappa shape index (κ3) is 3.46. The highest BCUT2D eigenvalue weighted by molar-refractivity contribution is 6.30. The van der Waals surface area contributed by atoms with Crippen LogP contribution in [0.25, 0.3) is 0 Å². The van der Waals surface area contributed by atoms with Crippen molar-refractivity contribution < 1.29 is 9.50 Å². The van der Waals surface area contributed by atoms with E-state index >= 15 is 0 Å². The Morgan fingerprint density at radius 3 is 2.58 bits per heavy atom. The molecule has 0 unspecified atom stereocenters. The summed E-state index contributed by atoms with van der Waals surface area (Å²) in [6, 6.07) is 12.2. The summed E-state index contributed by atoms with van der Waals surface area (Å²) in [5, 5.41) is 9.63. The molecule has 0 saturated carbocycles. The minimum absolute atomic E-state index is 0.158. The molecule has 0 aliphatic carbocycles. The Kier molecular flexibility index (Phi) is 4.40. The molecule has 0 aliphatic heterocycles. The highest BCUT2D eigenvalue weighted by atomic mass is 35.5. The summed E-state index contributed by atoms with van der Waals surface area (Å²) in [5.41, 5.74) is 2.08. The maximum Gasteiger partial charge on any atom is 0.146 e. The second kappa shape index (κ2) is 6.04. The van der Waals surface area contributed by atoms with E-state index < -0.39 is 0 Å². The molecular weight excluding hydrogens is 265 g/mol. The summed E-state index contributed by atoms with van der Waals surface area (Å²) in [6.45, 7) is 0.408. The second-order valence-electron chi connectivity index (χ2n) is 4.43. The van der Waals surface area contributed by atoms with Crippen LogP contribution in [0, 0.1) is 5.82 Å². The molecule has 0 bridgehead atoms. The number of halogens is 2.